The Labute approximate surface area is 102 Å². The first kappa shape index (κ1) is 12.1. The van der Waals surface area contributed by atoms with Crippen LogP contribution in [0, 0.1) is 6.92 Å². The van der Waals surface area contributed by atoms with Crippen LogP contribution in [0.3, 0.4) is 0 Å². The Hall–Kier alpha value is -1.32. The molecular weight excluding hydrogens is 210 g/mol. The number of fused-ring (bicyclic) bond motifs is 1. The Morgan fingerprint density at radius 2 is 2.00 bits per heavy atom. The Morgan fingerprint density at radius 1 is 1.18 bits per heavy atom. The summed E-state index contributed by atoms with van der Waals surface area (Å²) in [5, 5.41) is 1.34. The second kappa shape index (κ2) is 5.34. The lowest BCUT2D eigenvalue weighted by Gasteiger charge is -2.02. The molecule has 0 radical (unpaired) electrons. The molecule has 0 saturated heterocycles. The van der Waals surface area contributed by atoms with Crippen LogP contribution in [0.4, 0.5) is 0 Å². The van der Waals surface area contributed by atoms with Gasteiger partial charge >= 0.3 is 0 Å². The van der Waals surface area contributed by atoms with Crippen molar-refractivity contribution in [2.24, 2.45) is 11.5 Å². The molecule has 3 nitrogen and oxygen atoms in total. The minimum Gasteiger partial charge on any atom is -0.346 e. The summed E-state index contributed by atoms with van der Waals surface area (Å²) in [6.45, 7) is 4.42. The largest absolute Gasteiger partial charge is 0.346 e. The fourth-order valence-electron chi connectivity index (χ4n) is 2.29. The van der Waals surface area contributed by atoms with Crippen LogP contribution in [0.1, 0.15) is 17.5 Å². The van der Waals surface area contributed by atoms with Gasteiger partial charge in [-0.3, -0.25) is 0 Å². The second-order valence-corrected chi connectivity index (χ2v) is 4.55. The Bertz CT molecular complexity index is 499. The van der Waals surface area contributed by atoms with Gasteiger partial charge in [-0.05, 0) is 43.5 Å². The van der Waals surface area contributed by atoms with Crippen molar-refractivity contribution in [2.45, 2.75) is 26.3 Å². The summed E-state index contributed by atoms with van der Waals surface area (Å²) in [5.41, 5.74) is 15.2. The van der Waals surface area contributed by atoms with Crippen LogP contribution in [0.15, 0.2) is 24.4 Å². The highest BCUT2D eigenvalue weighted by Gasteiger charge is 2.07. The van der Waals surface area contributed by atoms with Crippen molar-refractivity contribution in [1.29, 1.82) is 0 Å². The molecule has 3 heteroatoms. The molecule has 17 heavy (non-hydrogen) atoms. The average molecular weight is 231 g/mol. The van der Waals surface area contributed by atoms with Gasteiger partial charge in [0, 0.05) is 30.2 Å². The first-order valence-corrected chi connectivity index (χ1v) is 6.24. The first-order chi connectivity index (χ1) is 8.26. The van der Waals surface area contributed by atoms with Gasteiger partial charge in [-0.25, -0.2) is 0 Å². The molecule has 92 valence electrons. The third-order valence-electron chi connectivity index (χ3n) is 3.14. The van der Waals surface area contributed by atoms with Crippen molar-refractivity contribution in [3.8, 4) is 0 Å². The summed E-state index contributed by atoms with van der Waals surface area (Å²) in [6.07, 6.45) is 4.32. The fourth-order valence-corrected chi connectivity index (χ4v) is 2.29. The van der Waals surface area contributed by atoms with Crippen molar-refractivity contribution >= 4 is 10.9 Å². The summed E-state index contributed by atoms with van der Waals surface area (Å²) < 4.78 is 2.26. The number of hydrogen-bond acceptors (Lipinski definition) is 2. The number of benzene rings is 1. The summed E-state index contributed by atoms with van der Waals surface area (Å²) in [7, 11) is 0. The van der Waals surface area contributed by atoms with Crippen LogP contribution < -0.4 is 11.5 Å². The Morgan fingerprint density at radius 3 is 2.71 bits per heavy atom. The molecule has 0 spiro atoms. The summed E-state index contributed by atoms with van der Waals surface area (Å²) in [4.78, 5) is 0. The van der Waals surface area contributed by atoms with Gasteiger partial charge in [0.2, 0.25) is 0 Å². The Kier molecular flexibility index (Phi) is 3.82. The summed E-state index contributed by atoms with van der Waals surface area (Å²) >= 11 is 0. The average Bonchev–Trinajstić information content (AvgIpc) is 2.65. The van der Waals surface area contributed by atoms with Crippen LogP contribution in [-0.4, -0.2) is 17.7 Å². The lowest BCUT2D eigenvalue weighted by Crippen LogP contribution is -2.08. The van der Waals surface area contributed by atoms with E-state index in [1.54, 1.807) is 0 Å². The smallest absolute Gasteiger partial charge is 0.0486 e. The van der Waals surface area contributed by atoms with Crippen molar-refractivity contribution in [1.82, 2.24) is 4.57 Å². The van der Waals surface area contributed by atoms with Gasteiger partial charge in [0.05, 0.1) is 0 Å². The normalized spacial score (nSPS) is 11.2. The predicted molar refractivity (Wildman–Crippen MR) is 73.1 cm³/mol. The van der Waals surface area contributed by atoms with Crippen LogP contribution in [-0.2, 0) is 13.0 Å². The van der Waals surface area contributed by atoms with Crippen molar-refractivity contribution in [3.05, 3.63) is 35.5 Å². The molecule has 0 aliphatic carbocycles. The zero-order chi connectivity index (χ0) is 12.3. The van der Waals surface area contributed by atoms with Gasteiger partial charge < -0.3 is 16.0 Å². The van der Waals surface area contributed by atoms with Crippen molar-refractivity contribution < 1.29 is 0 Å². The van der Waals surface area contributed by atoms with Crippen LogP contribution in [0.5, 0.6) is 0 Å². The number of nitrogens with zero attached hydrogens (tertiary/aromatic N) is 1. The molecule has 0 amide bonds. The molecule has 0 aliphatic heterocycles. The molecule has 0 bridgehead atoms. The second-order valence-electron chi connectivity index (χ2n) is 4.55. The monoisotopic (exact) mass is 231 g/mol. The molecule has 2 rings (SSSR count). The maximum Gasteiger partial charge on any atom is 0.0486 e. The predicted octanol–water partition coefficient (Wildman–Crippen LogP) is 1.80. The van der Waals surface area contributed by atoms with Gasteiger partial charge in [0.15, 0.2) is 0 Å². The van der Waals surface area contributed by atoms with Crippen LogP contribution in [0.25, 0.3) is 10.9 Å². The van der Waals surface area contributed by atoms with E-state index in [4.69, 9.17) is 11.5 Å². The molecule has 1 aromatic heterocycles. The molecule has 1 heterocycles. The van der Waals surface area contributed by atoms with Crippen LogP contribution in [0.2, 0.25) is 0 Å². The minimum atomic E-state index is 0.675. The zero-order valence-corrected chi connectivity index (χ0v) is 10.4. The van der Waals surface area contributed by atoms with E-state index >= 15 is 0 Å². The van der Waals surface area contributed by atoms with E-state index in [0.29, 0.717) is 6.54 Å². The number of nitrogens with two attached hydrogens (primary N) is 2. The maximum absolute atomic E-state index is 5.66. The molecule has 4 N–H and O–H groups in total. The molecule has 1 aromatic carbocycles. The van der Waals surface area contributed by atoms with E-state index in [1.807, 2.05) is 0 Å². The zero-order valence-electron chi connectivity index (χ0n) is 10.4. The molecule has 0 aliphatic rings. The summed E-state index contributed by atoms with van der Waals surface area (Å²) in [5.74, 6) is 0. The molecular formula is C14H21N3. The minimum absolute atomic E-state index is 0.675. The van der Waals surface area contributed by atoms with Gasteiger partial charge in [-0.15, -0.1) is 0 Å². The molecule has 0 fully saturated rings. The summed E-state index contributed by atoms with van der Waals surface area (Å²) in [6, 6.07) is 6.61. The third-order valence-corrected chi connectivity index (χ3v) is 3.14. The highest BCUT2D eigenvalue weighted by Crippen LogP contribution is 2.23. The van der Waals surface area contributed by atoms with Gasteiger partial charge in [0.1, 0.15) is 0 Å². The lowest BCUT2D eigenvalue weighted by atomic mass is 10.1. The third kappa shape index (κ3) is 2.51. The quantitative estimate of drug-likeness (QED) is 0.824. The number of aryl methyl sites for hydroxylation is 2. The number of aromatic nitrogens is 1. The van der Waals surface area contributed by atoms with Gasteiger partial charge in [0.25, 0.3) is 0 Å². The van der Waals surface area contributed by atoms with Crippen molar-refractivity contribution in [2.75, 3.05) is 13.1 Å². The van der Waals surface area contributed by atoms with E-state index in [0.717, 1.165) is 25.9 Å². The van der Waals surface area contributed by atoms with E-state index < -0.39 is 0 Å². The highest BCUT2D eigenvalue weighted by molar-refractivity contribution is 5.84. The van der Waals surface area contributed by atoms with E-state index in [1.165, 1.54) is 22.0 Å². The first-order valence-electron chi connectivity index (χ1n) is 6.24. The molecule has 2 aromatic rings. The fraction of sp³-hybridized carbons (Fsp3) is 0.429. The van der Waals surface area contributed by atoms with E-state index in [-0.39, 0.29) is 0 Å². The molecule has 0 saturated carbocycles. The molecule has 0 atom stereocenters. The van der Waals surface area contributed by atoms with Gasteiger partial charge in [-0.2, -0.15) is 0 Å². The maximum atomic E-state index is 5.66. The van der Waals surface area contributed by atoms with E-state index in [2.05, 4.69) is 35.9 Å². The Balaban J connectivity index is 2.46. The topological polar surface area (TPSA) is 57.0 Å². The SMILES string of the molecule is Cc1ccc2c(CCCN)cn(CCN)c2c1. The van der Waals surface area contributed by atoms with E-state index in [9.17, 15) is 0 Å². The standard InChI is InChI=1S/C14H21N3/c1-11-4-5-13-12(3-2-6-15)10-17(8-7-16)14(13)9-11/h4-5,9-10H,2-3,6-8,15-16H2,1H3. The number of hydrogen-bond donors (Lipinski definition) is 2. The van der Waals surface area contributed by atoms with Crippen LogP contribution >= 0.6 is 0 Å². The lowest BCUT2D eigenvalue weighted by molar-refractivity contribution is 0.729. The molecule has 0 unspecified atom stereocenters. The van der Waals surface area contributed by atoms with Gasteiger partial charge in [-0.1, -0.05) is 12.1 Å². The highest BCUT2D eigenvalue weighted by atomic mass is 15.0. The number of rotatable bonds is 5. The van der Waals surface area contributed by atoms with Crippen molar-refractivity contribution in [3.63, 3.8) is 0 Å².